The van der Waals surface area contributed by atoms with E-state index in [1.807, 2.05) is 0 Å². The van der Waals surface area contributed by atoms with E-state index in [0.717, 1.165) is 22.2 Å². The number of aromatic nitrogens is 4. The number of pyridine rings is 1. The summed E-state index contributed by atoms with van der Waals surface area (Å²) in [4.78, 5) is 31.0. The van der Waals surface area contributed by atoms with Crippen LogP contribution < -0.4 is 5.32 Å². The summed E-state index contributed by atoms with van der Waals surface area (Å²) in [5.74, 6) is -0.783. The number of esters is 1. The second-order valence-corrected chi connectivity index (χ2v) is 6.02. The summed E-state index contributed by atoms with van der Waals surface area (Å²) >= 11 is 1.10. The first kappa shape index (κ1) is 16.1. The number of carbonyl (C=O) groups is 2. The zero-order chi connectivity index (χ0) is 17.1. The fraction of sp³-hybridized carbons (Fsp3) is 0.267. The zero-order valence-electron chi connectivity index (χ0n) is 13.1. The highest BCUT2D eigenvalue weighted by molar-refractivity contribution is 7.13. The number of ether oxygens (including phenoxy) is 1. The summed E-state index contributed by atoms with van der Waals surface area (Å²) < 4.78 is 4.88. The molecule has 1 atom stereocenters. The van der Waals surface area contributed by atoms with Crippen LogP contribution in [0.3, 0.4) is 0 Å². The van der Waals surface area contributed by atoms with Crippen molar-refractivity contribution >= 4 is 34.1 Å². The molecule has 0 aliphatic rings. The van der Waals surface area contributed by atoms with E-state index in [2.05, 4.69) is 25.5 Å². The van der Waals surface area contributed by atoms with Gasteiger partial charge in [0.1, 0.15) is 10.7 Å². The van der Waals surface area contributed by atoms with Crippen LogP contribution in [0.2, 0.25) is 0 Å². The molecule has 9 heteroatoms. The molecule has 3 aromatic rings. The maximum Gasteiger partial charge on any atom is 0.369 e. The molecule has 124 valence electrons. The van der Waals surface area contributed by atoms with Crippen molar-refractivity contribution in [1.29, 1.82) is 0 Å². The molecule has 8 nitrogen and oxygen atoms in total. The van der Waals surface area contributed by atoms with Crippen LogP contribution in [0.4, 0.5) is 0 Å². The largest absolute Gasteiger partial charge is 0.461 e. The van der Waals surface area contributed by atoms with Crippen molar-refractivity contribution in [3.8, 4) is 0 Å². The van der Waals surface area contributed by atoms with Gasteiger partial charge in [-0.05, 0) is 26.0 Å². The first-order valence-corrected chi connectivity index (χ1v) is 8.14. The highest BCUT2D eigenvalue weighted by atomic mass is 32.1. The number of H-pyrrole nitrogens is 1. The zero-order valence-corrected chi connectivity index (χ0v) is 13.9. The Hall–Kier alpha value is -2.81. The smallest absolute Gasteiger partial charge is 0.369 e. The lowest BCUT2D eigenvalue weighted by Crippen LogP contribution is -2.26. The van der Waals surface area contributed by atoms with Crippen molar-refractivity contribution in [3.63, 3.8) is 0 Å². The summed E-state index contributed by atoms with van der Waals surface area (Å²) in [6.07, 6.45) is 3.34. The van der Waals surface area contributed by atoms with Crippen LogP contribution in [0.25, 0.3) is 10.9 Å². The Morgan fingerprint density at radius 3 is 3.00 bits per heavy atom. The molecule has 0 spiro atoms. The van der Waals surface area contributed by atoms with Crippen molar-refractivity contribution in [2.75, 3.05) is 6.61 Å². The number of aromatic amines is 1. The van der Waals surface area contributed by atoms with Crippen LogP contribution in [0, 0.1) is 0 Å². The van der Waals surface area contributed by atoms with Crippen molar-refractivity contribution in [2.24, 2.45) is 0 Å². The first-order chi connectivity index (χ1) is 11.6. The molecule has 0 saturated heterocycles. The molecule has 1 unspecified atom stereocenters. The molecular weight excluding hydrogens is 330 g/mol. The van der Waals surface area contributed by atoms with Crippen LogP contribution >= 0.6 is 11.3 Å². The molecule has 3 heterocycles. The van der Waals surface area contributed by atoms with Gasteiger partial charge in [-0.25, -0.2) is 4.79 Å². The summed E-state index contributed by atoms with van der Waals surface area (Å²) in [6, 6.07) is 3.14. The number of fused-ring (bicyclic) bond motifs is 1. The van der Waals surface area contributed by atoms with Gasteiger partial charge < -0.3 is 15.0 Å². The molecule has 3 aromatic heterocycles. The second-order valence-electron chi connectivity index (χ2n) is 5.01. The van der Waals surface area contributed by atoms with E-state index in [0.29, 0.717) is 10.7 Å². The number of amides is 1. The summed E-state index contributed by atoms with van der Waals surface area (Å²) in [7, 11) is 0. The number of carbonyl (C=O) groups excluding carboxylic acids is 2. The topological polar surface area (TPSA) is 110 Å². The maximum atomic E-state index is 12.3. The predicted molar refractivity (Wildman–Crippen MR) is 87.8 cm³/mol. The highest BCUT2D eigenvalue weighted by Gasteiger charge is 2.20. The molecule has 0 aromatic carbocycles. The third-order valence-corrected chi connectivity index (χ3v) is 4.36. The van der Waals surface area contributed by atoms with E-state index in [9.17, 15) is 9.59 Å². The quantitative estimate of drug-likeness (QED) is 0.685. The molecule has 0 bridgehead atoms. The van der Waals surface area contributed by atoms with Gasteiger partial charge in [0.05, 0.1) is 12.6 Å². The minimum absolute atomic E-state index is 0.171. The number of hydrogen-bond donors (Lipinski definition) is 2. The van der Waals surface area contributed by atoms with Gasteiger partial charge in [-0.15, -0.1) is 10.2 Å². The average molecular weight is 345 g/mol. The third kappa shape index (κ3) is 3.25. The van der Waals surface area contributed by atoms with Crippen LogP contribution in [0.5, 0.6) is 0 Å². The number of nitrogens with zero attached hydrogens (tertiary/aromatic N) is 3. The maximum absolute atomic E-state index is 12.3. The molecule has 24 heavy (non-hydrogen) atoms. The van der Waals surface area contributed by atoms with Gasteiger partial charge in [-0.1, -0.05) is 11.3 Å². The Kier molecular flexibility index (Phi) is 4.52. The summed E-state index contributed by atoms with van der Waals surface area (Å²) in [5, 5.41) is 12.1. The van der Waals surface area contributed by atoms with E-state index in [1.54, 1.807) is 38.4 Å². The molecule has 0 radical (unpaired) electrons. The van der Waals surface area contributed by atoms with E-state index < -0.39 is 5.97 Å². The standard InChI is InChI=1S/C15H15N5O3S/c1-3-23-15(22)14-20-19-13(24-14)8(2)17-12(21)11-6-9-7-16-5-4-10(9)18-11/h4-8,18H,3H2,1-2H3,(H,17,21). The van der Waals surface area contributed by atoms with E-state index in [1.165, 1.54) is 0 Å². The van der Waals surface area contributed by atoms with Gasteiger partial charge in [0.15, 0.2) is 0 Å². The molecule has 0 saturated carbocycles. The Bertz CT molecular complexity index is 855. The average Bonchev–Trinajstić information content (AvgIpc) is 3.22. The fourth-order valence-electron chi connectivity index (χ4n) is 2.12. The van der Waals surface area contributed by atoms with E-state index in [-0.39, 0.29) is 23.6 Å². The van der Waals surface area contributed by atoms with E-state index in [4.69, 9.17) is 4.74 Å². The van der Waals surface area contributed by atoms with Crippen molar-refractivity contribution in [1.82, 2.24) is 25.5 Å². The lowest BCUT2D eigenvalue weighted by molar-refractivity contribution is 0.0524. The van der Waals surface area contributed by atoms with Gasteiger partial charge in [-0.2, -0.15) is 0 Å². The lowest BCUT2D eigenvalue weighted by Gasteiger charge is -2.09. The van der Waals surface area contributed by atoms with Gasteiger partial charge in [0.25, 0.3) is 5.91 Å². The van der Waals surface area contributed by atoms with Gasteiger partial charge in [-0.3, -0.25) is 9.78 Å². The van der Waals surface area contributed by atoms with Crippen LogP contribution in [-0.4, -0.2) is 38.6 Å². The number of rotatable bonds is 5. The predicted octanol–water partition coefficient (Wildman–Crippen LogP) is 2.08. The van der Waals surface area contributed by atoms with E-state index >= 15 is 0 Å². The molecule has 0 aliphatic carbocycles. The normalized spacial score (nSPS) is 12.1. The molecule has 3 rings (SSSR count). The molecule has 0 fully saturated rings. The van der Waals surface area contributed by atoms with Gasteiger partial charge in [0, 0.05) is 23.3 Å². The SMILES string of the molecule is CCOC(=O)c1nnc(C(C)NC(=O)c2cc3cnccc3[nH]2)s1. The molecule has 1 amide bonds. The van der Waals surface area contributed by atoms with Gasteiger partial charge in [0.2, 0.25) is 5.01 Å². The van der Waals surface area contributed by atoms with Crippen LogP contribution in [0.1, 0.15) is 45.2 Å². The number of hydrogen-bond acceptors (Lipinski definition) is 7. The van der Waals surface area contributed by atoms with Crippen molar-refractivity contribution in [3.05, 3.63) is 40.2 Å². The minimum Gasteiger partial charge on any atom is -0.461 e. The van der Waals surface area contributed by atoms with Crippen LogP contribution in [-0.2, 0) is 4.74 Å². The minimum atomic E-state index is -0.511. The van der Waals surface area contributed by atoms with Crippen molar-refractivity contribution < 1.29 is 14.3 Å². The monoisotopic (exact) mass is 345 g/mol. The number of nitrogens with one attached hydrogen (secondary N) is 2. The first-order valence-electron chi connectivity index (χ1n) is 7.32. The molecule has 0 aliphatic heterocycles. The Labute approximate surface area is 141 Å². The molecular formula is C15H15N5O3S. The second kappa shape index (κ2) is 6.75. The molecule has 2 N–H and O–H groups in total. The fourth-order valence-corrected chi connectivity index (χ4v) is 2.85. The Morgan fingerprint density at radius 1 is 1.42 bits per heavy atom. The highest BCUT2D eigenvalue weighted by Crippen LogP contribution is 2.20. The van der Waals surface area contributed by atoms with Crippen molar-refractivity contribution in [2.45, 2.75) is 19.9 Å². The third-order valence-electron chi connectivity index (χ3n) is 3.27. The Morgan fingerprint density at radius 2 is 2.25 bits per heavy atom. The lowest BCUT2D eigenvalue weighted by atomic mass is 10.3. The van der Waals surface area contributed by atoms with Crippen LogP contribution in [0.15, 0.2) is 24.5 Å². The van der Waals surface area contributed by atoms with Gasteiger partial charge >= 0.3 is 5.97 Å². The Balaban J connectivity index is 1.70. The summed E-state index contributed by atoms with van der Waals surface area (Å²) in [5.41, 5.74) is 1.27. The summed E-state index contributed by atoms with van der Waals surface area (Å²) in [6.45, 7) is 3.77.